The maximum Gasteiger partial charge on any atom is 0.0854 e. The maximum absolute atomic E-state index is 2.53. The van der Waals surface area contributed by atoms with Crippen LogP contribution in [0.1, 0.15) is 11.1 Å². The number of rotatable bonds is 4. The van der Waals surface area contributed by atoms with E-state index in [4.69, 9.17) is 0 Å². The molecule has 0 unspecified atom stereocenters. The van der Waals surface area contributed by atoms with Crippen molar-refractivity contribution in [2.75, 3.05) is 0 Å². The Bertz CT molecular complexity index is 680. The molecule has 114 valence electrons. The van der Waals surface area contributed by atoms with Gasteiger partial charge in [0.15, 0.2) is 0 Å². The zero-order valence-electron chi connectivity index (χ0n) is 13.1. The van der Waals surface area contributed by atoms with Gasteiger partial charge in [-0.2, -0.15) is 0 Å². The van der Waals surface area contributed by atoms with Crippen LogP contribution in [-0.4, -0.2) is 8.07 Å². The number of hydrogen-bond acceptors (Lipinski definition) is 0. The molecule has 2 aromatic carbocycles. The molecule has 0 fully saturated rings. The number of benzene rings is 2. The van der Waals surface area contributed by atoms with E-state index < -0.39 is 8.07 Å². The van der Waals surface area contributed by atoms with E-state index in [9.17, 15) is 0 Å². The molecule has 0 aliphatic rings. The van der Waals surface area contributed by atoms with Crippen molar-refractivity contribution in [1.29, 1.82) is 0 Å². The van der Waals surface area contributed by atoms with Crippen LogP contribution in [0.5, 0.6) is 0 Å². The lowest BCUT2D eigenvalue weighted by atomic mass is 10.0. The minimum atomic E-state index is -1.29. The summed E-state index contributed by atoms with van der Waals surface area (Å²) < 4.78 is 2.80. The smallest absolute Gasteiger partial charge is 0.0652 e. The Morgan fingerprint density at radius 3 is 1.68 bits per heavy atom. The number of halogens is 2. The molecule has 0 radical (unpaired) electrons. The van der Waals surface area contributed by atoms with Crippen molar-refractivity contribution in [3.05, 3.63) is 81.1 Å². The molecule has 2 rings (SSSR count). The van der Waals surface area contributed by atoms with Crippen molar-refractivity contribution in [1.82, 2.24) is 0 Å². The molecule has 0 spiro atoms. The molecule has 0 aliphatic heterocycles. The van der Waals surface area contributed by atoms with E-state index >= 15 is 0 Å². The van der Waals surface area contributed by atoms with Crippen molar-refractivity contribution in [2.45, 2.75) is 19.6 Å². The van der Waals surface area contributed by atoms with E-state index in [1.807, 2.05) is 0 Å². The van der Waals surface area contributed by atoms with Gasteiger partial charge in [0.05, 0.1) is 8.07 Å². The SMILES string of the molecule is C[Si](C)(C)/C(I)=C/C(=C(\I)c1ccccc1)c1ccccc1. The average Bonchev–Trinajstić information content (AvgIpc) is 2.52. The third-order valence-corrected chi connectivity index (χ3v) is 11.3. The van der Waals surface area contributed by atoms with Crippen molar-refractivity contribution in [3.63, 3.8) is 0 Å². The Morgan fingerprint density at radius 2 is 1.23 bits per heavy atom. The highest BCUT2D eigenvalue weighted by Crippen LogP contribution is 2.35. The van der Waals surface area contributed by atoms with Gasteiger partial charge in [0.25, 0.3) is 0 Å². The first-order chi connectivity index (χ1) is 10.4. The summed E-state index contributed by atoms with van der Waals surface area (Å²) in [7, 11) is -1.29. The first kappa shape index (κ1) is 17.9. The minimum Gasteiger partial charge on any atom is -0.0652 e. The minimum absolute atomic E-state index is 1.28. The third kappa shape index (κ3) is 4.79. The summed E-state index contributed by atoms with van der Waals surface area (Å²) in [5.74, 6) is 0. The van der Waals surface area contributed by atoms with E-state index in [1.165, 1.54) is 23.5 Å². The number of hydrogen-bond donors (Lipinski definition) is 0. The van der Waals surface area contributed by atoms with Crippen LogP contribution in [0, 0.1) is 0 Å². The Hall–Kier alpha value is -0.403. The molecular formula is C19H20I2Si. The molecule has 0 saturated carbocycles. The largest absolute Gasteiger partial charge is 0.0854 e. The van der Waals surface area contributed by atoms with Crippen LogP contribution in [0.25, 0.3) is 9.15 Å². The molecule has 2 aromatic rings. The third-order valence-electron chi connectivity index (χ3n) is 3.34. The normalized spacial score (nSPS) is 13.8. The van der Waals surface area contributed by atoms with Crippen molar-refractivity contribution >= 4 is 62.4 Å². The molecule has 0 bridgehead atoms. The van der Waals surface area contributed by atoms with Gasteiger partial charge >= 0.3 is 0 Å². The average molecular weight is 530 g/mol. The Labute approximate surface area is 162 Å². The highest BCUT2D eigenvalue weighted by atomic mass is 127. The van der Waals surface area contributed by atoms with Crippen molar-refractivity contribution in [2.24, 2.45) is 0 Å². The Kier molecular flexibility index (Phi) is 6.46. The first-order valence-corrected chi connectivity index (χ1v) is 12.9. The Morgan fingerprint density at radius 1 is 0.773 bits per heavy atom. The molecule has 0 heterocycles. The van der Waals surface area contributed by atoms with Crippen LogP contribution in [0.3, 0.4) is 0 Å². The zero-order chi connectivity index (χ0) is 16.2. The van der Waals surface area contributed by atoms with Crippen LogP contribution in [0.2, 0.25) is 19.6 Å². The predicted molar refractivity (Wildman–Crippen MR) is 119 cm³/mol. The fourth-order valence-electron chi connectivity index (χ4n) is 1.97. The Balaban J connectivity index is 2.62. The van der Waals surface area contributed by atoms with Gasteiger partial charge in [0, 0.05) is 3.58 Å². The van der Waals surface area contributed by atoms with Crippen LogP contribution in [0.4, 0.5) is 0 Å². The fourth-order valence-corrected chi connectivity index (χ4v) is 3.69. The van der Waals surface area contributed by atoms with E-state index in [1.54, 1.807) is 0 Å². The quantitative estimate of drug-likeness (QED) is 0.170. The first-order valence-electron chi connectivity index (χ1n) is 7.28. The van der Waals surface area contributed by atoms with Crippen molar-refractivity contribution < 1.29 is 0 Å². The lowest BCUT2D eigenvalue weighted by molar-refractivity contribution is 1.61. The molecule has 22 heavy (non-hydrogen) atoms. The summed E-state index contributed by atoms with van der Waals surface area (Å²) >= 11 is 5.01. The predicted octanol–water partition coefficient (Wildman–Crippen LogP) is 7.19. The van der Waals surface area contributed by atoms with E-state index in [2.05, 4.69) is 132 Å². The molecule has 0 aliphatic carbocycles. The van der Waals surface area contributed by atoms with Gasteiger partial charge < -0.3 is 0 Å². The topological polar surface area (TPSA) is 0 Å². The van der Waals surface area contributed by atoms with Gasteiger partial charge in [-0.25, -0.2) is 0 Å². The monoisotopic (exact) mass is 530 g/mol. The van der Waals surface area contributed by atoms with Crippen LogP contribution in [0.15, 0.2) is 69.9 Å². The summed E-state index contributed by atoms with van der Waals surface area (Å²) in [5, 5.41) is 0. The maximum atomic E-state index is 2.53. The van der Waals surface area contributed by atoms with Gasteiger partial charge in [-0.15, -0.1) is 0 Å². The van der Waals surface area contributed by atoms with Gasteiger partial charge in [-0.1, -0.05) is 103 Å². The second-order valence-corrected chi connectivity index (χ2v) is 14.5. The molecule has 3 heteroatoms. The fraction of sp³-hybridized carbons (Fsp3) is 0.158. The summed E-state index contributed by atoms with van der Waals surface area (Å²) in [6, 6.07) is 21.3. The van der Waals surface area contributed by atoms with Gasteiger partial charge in [0.2, 0.25) is 0 Å². The highest BCUT2D eigenvalue weighted by Gasteiger charge is 2.18. The van der Waals surface area contributed by atoms with Gasteiger partial charge in [-0.3, -0.25) is 0 Å². The summed E-state index contributed by atoms with van der Waals surface area (Å²) in [6.07, 6.45) is 2.39. The standard InChI is InChI=1S/C19H20I2Si/c1-22(2,3)18(20)14-17(15-10-6-4-7-11-15)19(21)16-12-8-5-9-13-16/h4-14H,1-3H3/b18-14+,19-17+. The molecule has 0 atom stereocenters. The summed E-state index contributed by atoms with van der Waals surface area (Å²) in [6.45, 7) is 7.18. The van der Waals surface area contributed by atoms with E-state index in [0.717, 1.165) is 0 Å². The number of allylic oxidation sites excluding steroid dienone is 2. The second kappa shape index (κ2) is 7.92. The molecular weight excluding hydrogens is 510 g/mol. The molecule has 0 nitrogen and oxygen atoms in total. The van der Waals surface area contributed by atoms with Crippen LogP contribution >= 0.6 is 45.2 Å². The molecule has 0 saturated heterocycles. The van der Waals surface area contributed by atoms with Gasteiger partial charge in [0.1, 0.15) is 0 Å². The zero-order valence-corrected chi connectivity index (χ0v) is 18.4. The lowest BCUT2D eigenvalue weighted by Gasteiger charge is -2.17. The van der Waals surface area contributed by atoms with Crippen LogP contribution in [-0.2, 0) is 0 Å². The molecule has 0 amide bonds. The highest BCUT2D eigenvalue weighted by molar-refractivity contribution is 14.1. The second-order valence-electron chi connectivity index (χ2n) is 6.20. The van der Waals surface area contributed by atoms with Crippen molar-refractivity contribution in [3.8, 4) is 0 Å². The lowest BCUT2D eigenvalue weighted by Crippen LogP contribution is -2.20. The van der Waals surface area contributed by atoms with E-state index in [-0.39, 0.29) is 0 Å². The van der Waals surface area contributed by atoms with E-state index in [0.29, 0.717) is 0 Å². The molecule has 0 N–H and O–H groups in total. The molecule has 0 aromatic heterocycles. The summed E-state index contributed by atoms with van der Waals surface area (Å²) in [4.78, 5) is 0. The van der Waals surface area contributed by atoms with Gasteiger partial charge in [-0.05, 0) is 48.6 Å². The van der Waals surface area contributed by atoms with Crippen LogP contribution < -0.4 is 0 Å². The summed E-state index contributed by atoms with van der Waals surface area (Å²) in [5.41, 5.74) is 3.88.